The van der Waals surface area contributed by atoms with Crippen LogP contribution in [0.4, 0.5) is 4.79 Å². The lowest BCUT2D eigenvalue weighted by molar-refractivity contribution is -0.158. The second kappa shape index (κ2) is 5.55. The van der Waals surface area contributed by atoms with Crippen molar-refractivity contribution >= 4 is 12.1 Å². The molecule has 6 nitrogen and oxygen atoms in total. The molecule has 1 unspecified atom stereocenters. The number of carbonyl (C=O) groups is 2. The number of amides is 1. The van der Waals surface area contributed by atoms with E-state index in [0.717, 1.165) is 0 Å². The van der Waals surface area contributed by atoms with Gasteiger partial charge in [0.25, 0.3) is 0 Å². The molecule has 0 N–H and O–H groups in total. The van der Waals surface area contributed by atoms with Crippen LogP contribution in [-0.2, 0) is 19.0 Å². The van der Waals surface area contributed by atoms with Crippen molar-refractivity contribution < 1.29 is 23.8 Å². The second-order valence-electron chi connectivity index (χ2n) is 3.03. The number of nitrogens with zero attached hydrogens (tertiary/aromatic N) is 1. The fourth-order valence-corrected chi connectivity index (χ4v) is 1.30. The van der Waals surface area contributed by atoms with Gasteiger partial charge in [0.1, 0.15) is 0 Å². The van der Waals surface area contributed by atoms with Gasteiger partial charge in [-0.05, 0) is 6.92 Å². The number of hydrogen-bond acceptors (Lipinski definition) is 5. The zero-order chi connectivity index (χ0) is 11.3. The second-order valence-corrected chi connectivity index (χ2v) is 3.03. The molecule has 1 heterocycles. The molecule has 1 aliphatic rings. The van der Waals surface area contributed by atoms with Gasteiger partial charge in [0.15, 0.2) is 6.10 Å². The van der Waals surface area contributed by atoms with E-state index in [9.17, 15) is 9.59 Å². The van der Waals surface area contributed by atoms with E-state index in [0.29, 0.717) is 19.8 Å². The largest absolute Gasteiger partial charge is 0.467 e. The minimum atomic E-state index is -0.701. The summed E-state index contributed by atoms with van der Waals surface area (Å²) >= 11 is 0. The van der Waals surface area contributed by atoms with E-state index >= 15 is 0 Å². The summed E-state index contributed by atoms with van der Waals surface area (Å²) in [5.41, 5.74) is 0. The topological polar surface area (TPSA) is 65.1 Å². The number of carbonyl (C=O) groups excluding carboxylic acids is 2. The number of methoxy groups -OCH3 is 1. The molecule has 1 atom stereocenters. The van der Waals surface area contributed by atoms with Gasteiger partial charge in [0.2, 0.25) is 0 Å². The Morgan fingerprint density at radius 3 is 2.87 bits per heavy atom. The third-order valence-corrected chi connectivity index (χ3v) is 2.06. The smallest absolute Gasteiger partial charge is 0.409 e. The highest BCUT2D eigenvalue weighted by Crippen LogP contribution is 2.07. The molecule has 1 saturated heterocycles. The maximum absolute atomic E-state index is 11.4. The molecule has 1 aliphatic heterocycles. The third-order valence-electron chi connectivity index (χ3n) is 2.06. The van der Waals surface area contributed by atoms with Crippen LogP contribution in [-0.4, -0.2) is 56.5 Å². The molecule has 1 amide bonds. The van der Waals surface area contributed by atoms with E-state index in [1.807, 2.05) is 0 Å². The lowest BCUT2D eigenvalue weighted by Gasteiger charge is -2.30. The zero-order valence-electron chi connectivity index (χ0n) is 8.89. The maximum atomic E-state index is 11.4. The number of morpholine rings is 1. The van der Waals surface area contributed by atoms with Crippen molar-refractivity contribution in [3.05, 3.63) is 0 Å². The molecule has 0 aromatic heterocycles. The molecule has 0 radical (unpaired) electrons. The Kier molecular flexibility index (Phi) is 4.36. The van der Waals surface area contributed by atoms with Gasteiger partial charge in [-0.15, -0.1) is 0 Å². The molecule has 0 spiro atoms. The summed E-state index contributed by atoms with van der Waals surface area (Å²) in [5.74, 6) is -0.469. The molecule has 0 saturated carbocycles. The fraction of sp³-hybridized carbons (Fsp3) is 0.778. The number of ether oxygens (including phenoxy) is 3. The first-order valence-electron chi connectivity index (χ1n) is 4.80. The standard InChI is InChI=1S/C9H15NO5/c1-3-14-9(12)10-4-5-15-7(6-10)8(11)13-2/h7H,3-6H2,1-2H3. The summed E-state index contributed by atoms with van der Waals surface area (Å²) < 4.78 is 14.5. The Balaban J connectivity index is 2.48. The summed E-state index contributed by atoms with van der Waals surface area (Å²) in [6.07, 6.45) is -1.12. The average molecular weight is 217 g/mol. The molecule has 0 aromatic carbocycles. The Labute approximate surface area is 88.1 Å². The first kappa shape index (κ1) is 11.8. The number of rotatable bonds is 2. The van der Waals surface area contributed by atoms with E-state index in [4.69, 9.17) is 9.47 Å². The Morgan fingerprint density at radius 1 is 1.53 bits per heavy atom. The normalized spacial score (nSPS) is 20.9. The van der Waals surface area contributed by atoms with Crippen LogP contribution in [0.5, 0.6) is 0 Å². The van der Waals surface area contributed by atoms with Crippen LogP contribution < -0.4 is 0 Å². The summed E-state index contributed by atoms with van der Waals surface area (Å²) in [6, 6.07) is 0. The summed E-state index contributed by atoms with van der Waals surface area (Å²) in [5, 5.41) is 0. The van der Waals surface area contributed by atoms with Crippen LogP contribution in [0.3, 0.4) is 0 Å². The van der Waals surface area contributed by atoms with Gasteiger partial charge < -0.3 is 19.1 Å². The van der Waals surface area contributed by atoms with Gasteiger partial charge >= 0.3 is 12.1 Å². The highest BCUT2D eigenvalue weighted by Gasteiger charge is 2.30. The molecular weight excluding hydrogens is 202 g/mol. The number of hydrogen-bond donors (Lipinski definition) is 0. The molecule has 0 aromatic rings. The van der Waals surface area contributed by atoms with Crippen LogP contribution in [0.2, 0.25) is 0 Å². The summed E-state index contributed by atoms with van der Waals surface area (Å²) in [6.45, 7) is 2.99. The van der Waals surface area contributed by atoms with E-state index in [2.05, 4.69) is 4.74 Å². The van der Waals surface area contributed by atoms with Crippen LogP contribution in [0.15, 0.2) is 0 Å². The Hall–Kier alpha value is -1.30. The summed E-state index contributed by atoms with van der Waals surface area (Å²) in [7, 11) is 1.29. The first-order valence-corrected chi connectivity index (χ1v) is 4.80. The molecule has 1 rings (SSSR count). The summed E-state index contributed by atoms with van der Waals surface area (Å²) in [4.78, 5) is 24.0. The molecule has 86 valence electrons. The van der Waals surface area contributed by atoms with E-state index in [1.54, 1.807) is 6.92 Å². The molecule has 1 fully saturated rings. The average Bonchev–Trinajstić information content (AvgIpc) is 2.28. The van der Waals surface area contributed by atoms with Crippen molar-refractivity contribution in [1.29, 1.82) is 0 Å². The van der Waals surface area contributed by atoms with Gasteiger partial charge in [-0.2, -0.15) is 0 Å². The highest BCUT2D eigenvalue weighted by atomic mass is 16.6. The number of esters is 1. The van der Waals surface area contributed by atoms with Gasteiger partial charge in [0.05, 0.1) is 26.9 Å². The van der Waals surface area contributed by atoms with Gasteiger partial charge in [-0.25, -0.2) is 9.59 Å². The lowest BCUT2D eigenvalue weighted by Crippen LogP contribution is -2.49. The quantitative estimate of drug-likeness (QED) is 0.610. The fourth-order valence-electron chi connectivity index (χ4n) is 1.30. The SMILES string of the molecule is CCOC(=O)N1CCOC(C(=O)OC)C1. The monoisotopic (exact) mass is 217 g/mol. The minimum Gasteiger partial charge on any atom is -0.467 e. The predicted molar refractivity (Wildman–Crippen MR) is 50.4 cm³/mol. The Morgan fingerprint density at radius 2 is 2.27 bits per heavy atom. The predicted octanol–water partition coefficient (Wildman–Crippen LogP) is 0.0167. The zero-order valence-corrected chi connectivity index (χ0v) is 8.89. The minimum absolute atomic E-state index is 0.186. The third kappa shape index (κ3) is 3.09. The Bertz CT molecular complexity index is 243. The van der Waals surface area contributed by atoms with Crippen molar-refractivity contribution in [2.75, 3.05) is 33.4 Å². The molecule has 0 aliphatic carbocycles. The molecule has 0 bridgehead atoms. The van der Waals surface area contributed by atoms with Crippen molar-refractivity contribution in [2.24, 2.45) is 0 Å². The van der Waals surface area contributed by atoms with Crippen molar-refractivity contribution in [2.45, 2.75) is 13.0 Å². The van der Waals surface area contributed by atoms with Crippen molar-refractivity contribution in [3.63, 3.8) is 0 Å². The van der Waals surface area contributed by atoms with Crippen molar-refractivity contribution in [1.82, 2.24) is 4.90 Å². The van der Waals surface area contributed by atoms with Crippen LogP contribution in [0.1, 0.15) is 6.92 Å². The van der Waals surface area contributed by atoms with Gasteiger partial charge in [0, 0.05) is 6.54 Å². The van der Waals surface area contributed by atoms with Crippen LogP contribution in [0, 0.1) is 0 Å². The van der Waals surface area contributed by atoms with Crippen LogP contribution in [0.25, 0.3) is 0 Å². The van der Waals surface area contributed by atoms with E-state index in [1.165, 1.54) is 12.0 Å². The molecular formula is C9H15NO5. The van der Waals surface area contributed by atoms with Crippen molar-refractivity contribution in [3.8, 4) is 0 Å². The van der Waals surface area contributed by atoms with E-state index < -0.39 is 18.2 Å². The van der Waals surface area contributed by atoms with Gasteiger partial charge in [-0.3, -0.25) is 0 Å². The van der Waals surface area contributed by atoms with Crippen LogP contribution >= 0.6 is 0 Å². The highest BCUT2D eigenvalue weighted by molar-refractivity contribution is 5.76. The van der Waals surface area contributed by atoms with E-state index in [-0.39, 0.29) is 6.54 Å². The van der Waals surface area contributed by atoms with Gasteiger partial charge in [-0.1, -0.05) is 0 Å². The first-order chi connectivity index (χ1) is 7.19. The molecule has 6 heteroatoms. The molecule has 15 heavy (non-hydrogen) atoms. The lowest BCUT2D eigenvalue weighted by atomic mass is 10.3. The maximum Gasteiger partial charge on any atom is 0.409 e.